The van der Waals surface area contributed by atoms with Gasteiger partial charge in [0.05, 0.1) is 16.6 Å². The van der Waals surface area contributed by atoms with Gasteiger partial charge in [-0.2, -0.15) is 5.10 Å². The Morgan fingerprint density at radius 3 is 2.80 bits per heavy atom. The Hall–Kier alpha value is -2.60. The van der Waals surface area contributed by atoms with E-state index in [0.717, 1.165) is 11.4 Å². The lowest BCUT2D eigenvalue weighted by Gasteiger charge is -2.09. The van der Waals surface area contributed by atoms with Crippen LogP contribution < -0.4 is 4.74 Å². The highest BCUT2D eigenvalue weighted by molar-refractivity contribution is 6.30. The molecule has 0 saturated heterocycles. The van der Waals surface area contributed by atoms with Crippen molar-refractivity contribution in [3.8, 4) is 5.75 Å². The highest BCUT2D eigenvalue weighted by Crippen LogP contribution is 2.22. The van der Waals surface area contributed by atoms with Gasteiger partial charge in [0.25, 0.3) is 0 Å². The number of carbonyl (C=O) groups is 1. The first-order valence-electron chi connectivity index (χ1n) is 7.82. The van der Waals surface area contributed by atoms with Gasteiger partial charge in [0.15, 0.2) is 5.65 Å². The van der Waals surface area contributed by atoms with Crippen LogP contribution in [-0.4, -0.2) is 33.9 Å². The number of aryl methyl sites for hydroxylation is 3. The number of hydrogen-bond acceptors (Lipinski definition) is 5. The average Bonchev–Trinajstić information content (AvgIpc) is 2.85. The molecule has 0 bridgehead atoms. The highest BCUT2D eigenvalue weighted by Gasteiger charge is 2.18. The van der Waals surface area contributed by atoms with E-state index in [-0.39, 0.29) is 13.2 Å². The molecule has 0 N–H and O–H groups in total. The number of hydrogen-bond donors (Lipinski definition) is 0. The van der Waals surface area contributed by atoms with Crippen LogP contribution in [0.3, 0.4) is 0 Å². The summed E-state index contributed by atoms with van der Waals surface area (Å²) in [6.45, 7) is 4.05. The second kappa shape index (κ2) is 7.11. The number of nitrogens with zero attached hydrogens (tertiary/aromatic N) is 3. The number of halogens is 1. The molecular weight excluding hydrogens is 342 g/mol. The maximum Gasteiger partial charge on any atom is 0.339 e. The fourth-order valence-corrected chi connectivity index (χ4v) is 2.84. The van der Waals surface area contributed by atoms with Crippen molar-refractivity contribution in [3.63, 3.8) is 0 Å². The van der Waals surface area contributed by atoms with Crippen molar-refractivity contribution in [2.24, 2.45) is 7.05 Å². The Bertz CT molecular complexity index is 937. The first-order valence-corrected chi connectivity index (χ1v) is 8.20. The largest absolute Gasteiger partial charge is 0.490 e. The first kappa shape index (κ1) is 17.2. The molecule has 0 radical (unpaired) electrons. The van der Waals surface area contributed by atoms with Crippen molar-refractivity contribution >= 4 is 28.6 Å². The molecule has 0 saturated carbocycles. The number of pyridine rings is 1. The van der Waals surface area contributed by atoms with Crippen LogP contribution in [0.2, 0.25) is 5.02 Å². The number of esters is 1. The van der Waals surface area contributed by atoms with Gasteiger partial charge >= 0.3 is 5.97 Å². The van der Waals surface area contributed by atoms with Gasteiger partial charge < -0.3 is 9.47 Å². The smallest absolute Gasteiger partial charge is 0.339 e. The summed E-state index contributed by atoms with van der Waals surface area (Å²) in [5.41, 5.74) is 2.61. The van der Waals surface area contributed by atoms with Crippen molar-refractivity contribution in [3.05, 3.63) is 52.3 Å². The Kier molecular flexibility index (Phi) is 4.90. The summed E-state index contributed by atoms with van der Waals surface area (Å²) in [5.74, 6) is 0.218. The van der Waals surface area contributed by atoms with Gasteiger partial charge in [0.1, 0.15) is 19.0 Å². The SMILES string of the molecule is Cc1cc(C(=O)OCCOc2cccc(Cl)c2)c2c(C)nn(C)c2n1. The standard InChI is InChI=1S/C18H18ClN3O3/c1-11-9-15(16-12(2)21-22(3)17(16)20-11)18(23)25-8-7-24-14-6-4-5-13(19)10-14/h4-6,9-10H,7-8H2,1-3H3. The van der Waals surface area contributed by atoms with Crippen molar-refractivity contribution in [1.82, 2.24) is 14.8 Å². The zero-order valence-corrected chi connectivity index (χ0v) is 15.0. The summed E-state index contributed by atoms with van der Waals surface area (Å²) in [6, 6.07) is 8.78. The summed E-state index contributed by atoms with van der Waals surface area (Å²) in [4.78, 5) is 16.9. The lowest BCUT2D eigenvalue weighted by Crippen LogP contribution is -2.13. The van der Waals surface area contributed by atoms with E-state index in [1.165, 1.54) is 0 Å². The number of aromatic nitrogens is 3. The van der Waals surface area contributed by atoms with E-state index < -0.39 is 5.97 Å². The quantitative estimate of drug-likeness (QED) is 0.515. The van der Waals surface area contributed by atoms with Crippen LogP contribution in [0.25, 0.3) is 11.0 Å². The number of rotatable bonds is 5. The van der Waals surface area contributed by atoms with Gasteiger partial charge in [-0.1, -0.05) is 17.7 Å². The van der Waals surface area contributed by atoms with Gasteiger partial charge in [0, 0.05) is 17.8 Å². The van der Waals surface area contributed by atoms with E-state index in [0.29, 0.717) is 27.4 Å². The minimum absolute atomic E-state index is 0.132. The highest BCUT2D eigenvalue weighted by atomic mass is 35.5. The average molecular weight is 360 g/mol. The van der Waals surface area contributed by atoms with E-state index in [1.54, 1.807) is 42.1 Å². The number of benzene rings is 1. The molecule has 0 fully saturated rings. The predicted molar refractivity (Wildman–Crippen MR) is 95.2 cm³/mol. The van der Waals surface area contributed by atoms with Crippen molar-refractivity contribution in [2.45, 2.75) is 13.8 Å². The Labute approximate surface area is 150 Å². The van der Waals surface area contributed by atoms with Crippen LogP contribution in [0.5, 0.6) is 5.75 Å². The molecule has 0 amide bonds. The molecular formula is C18H18ClN3O3. The predicted octanol–water partition coefficient (Wildman–Crippen LogP) is 3.47. The summed E-state index contributed by atoms with van der Waals surface area (Å²) >= 11 is 5.90. The maximum absolute atomic E-state index is 12.5. The molecule has 0 spiro atoms. The third kappa shape index (κ3) is 3.74. The summed E-state index contributed by atoms with van der Waals surface area (Å²) in [5, 5.41) is 5.64. The molecule has 25 heavy (non-hydrogen) atoms. The van der Waals surface area contributed by atoms with E-state index in [2.05, 4.69) is 10.1 Å². The molecule has 0 aliphatic rings. The van der Waals surface area contributed by atoms with Crippen molar-refractivity contribution in [1.29, 1.82) is 0 Å². The molecule has 1 aromatic carbocycles. The first-order chi connectivity index (χ1) is 12.0. The Morgan fingerprint density at radius 1 is 1.24 bits per heavy atom. The second-order valence-electron chi connectivity index (χ2n) is 5.66. The lowest BCUT2D eigenvalue weighted by atomic mass is 10.1. The minimum atomic E-state index is -0.415. The second-order valence-corrected chi connectivity index (χ2v) is 6.10. The van der Waals surface area contributed by atoms with Crippen molar-refractivity contribution < 1.29 is 14.3 Å². The van der Waals surface area contributed by atoms with Crippen LogP contribution in [0.1, 0.15) is 21.7 Å². The monoisotopic (exact) mass is 359 g/mol. The molecule has 2 heterocycles. The summed E-state index contributed by atoms with van der Waals surface area (Å²) in [7, 11) is 1.80. The topological polar surface area (TPSA) is 66.2 Å². The van der Waals surface area contributed by atoms with Crippen LogP contribution in [0, 0.1) is 13.8 Å². The molecule has 0 atom stereocenters. The minimum Gasteiger partial charge on any atom is -0.490 e. The summed E-state index contributed by atoms with van der Waals surface area (Å²) < 4.78 is 12.5. The van der Waals surface area contributed by atoms with Crippen LogP contribution in [-0.2, 0) is 11.8 Å². The lowest BCUT2D eigenvalue weighted by molar-refractivity contribution is 0.0452. The molecule has 6 nitrogen and oxygen atoms in total. The van der Waals surface area contributed by atoms with Gasteiger partial charge in [-0.15, -0.1) is 0 Å². The fourth-order valence-electron chi connectivity index (χ4n) is 2.66. The number of fused-ring (bicyclic) bond motifs is 1. The van der Waals surface area contributed by atoms with Crippen LogP contribution >= 0.6 is 11.6 Å². The van der Waals surface area contributed by atoms with Gasteiger partial charge in [-0.25, -0.2) is 9.78 Å². The molecule has 7 heteroatoms. The normalized spacial score (nSPS) is 10.9. The zero-order valence-electron chi connectivity index (χ0n) is 14.2. The van der Waals surface area contributed by atoms with E-state index in [4.69, 9.17) is 21.1 Å². The van der Waals surface area contributed by atoms with E-state index in [9.17, 15) is 4.79 Å². The van der Waals surface area contributed by atoms with E-state index >= 15 is 0 Å². The fraction of sp³-hybridized carbons (Fsp3) is 0.278. The molecule has 0 aliphatic heterocycles. The van der Waals surface area contributed by atoms with Gasteiger partial charge in [0.2, 0.25) is 0 Å². The molecule has 3 rings (SSSR count). The number of carbonyl (C=O) groups excluding carboxylic acids is 1. The van der Waals surface area contributed by atoms with E-state index in [1.807, 2.05) is 13.8 Å². The third-order valence-electron chi connectivity index (χ3n) is 3.70. The zero-order chi connectivity index (χ0) is 18.0. The van der Waals surface area contributed by atoms with Crippen LogP contribution in [0.15, 0.2) is 30.3 Å². The van der Waals surface area contributed by atoms with Gasteiger partial charge in [-0.3, -0.25) is 4.68 Å². The third-order valence-corrected chi connectivity index (χ3v) is 3.93. The summed E-state index contributed by atoms with van der Waals surface area (Å²) in [6.07, 6.45) is 0. The number of ether oxygens (including phenoxy) is 2. The van der Waals surface area contributed by atoms with Crippen LogP contribution in [0.4, 0.5) is 0 Å². The van der Waals surface area contributed by atoms with Crippen molar-refractivity contribution in [2.75, 3.05) is 13.2 Å². The molecule has 3 aromatic rings. The maximum atomic E-state index is 12.5. The molecule has 0 aliphatic carbocycles. The molecule has 130 valence electrons. The van der Waals surface area contributed by atoms with Gasteiger partial charge in [-0.05, 0) is 38.1 Å². The molecule has 0 unspecified atom stereocenters. The Morgan fingerprint density at radius 2 is 2.04 bits per heavy atom. The molecule has 2 aromatic heterocycles. The Balaban J connectivity index is 1.68.